The van der Waals surface area contributed by atoms with Crippen LogP contribution in [0.4, 0.5) is 8.78 Å². The SMILES string of the molecule is CCCCc1nnc(C(=O)NCC2CN(C)CCC2(F)F)cc1-c1ccc(OC2CCCCC2)cc1.Cl.Cl. The van der Waals surface area contributed by atoms with Crippen LogP contribution < -0.4 is 10.1 Å². The van der Waals surface area contributed by atoms with E-state index in [1.165, 1.54) is 19.3 Å². The normalized spacial score (nSPS) is 19.6. The summed E-state index contributed by atoms with van der Waals surface area (Å²) in [7, 11) is 1.82. The van der Waals surface area contributed by atoms with Crippen molar-refractivity contribution in [3.05, 3.63) is 41.7 Å². The lowest BCUT2D eigenvalue weighted by atomic mass is 9.93. The number of hydrogen-bond donors (Lipinski definition) is 1. The van der Waals surface area contributed by atoms with Gasteiger partial charge in [-0.25, -0.2) is 8.78 Å². The minimum Gasteiger partial charge on any atom is -0.490 e. The predicted octanol–water partition coefficient (Wildman–Crippen LogP) is 6.36. The summed E-state index contributed by atoms with van der Waals surface area (Å²) in [5.74, 6) is -3.35. The molecule has 0 bridgehead atoms. The van der Waals surface area contributed by atoms with E-state index in [4.69, 9.17) is 4.74 Å². The molecule has 6 nitrogen and oxygen atoms in total. The fraction of sp³-hybridized carbons (Fsp3) is 0.607. The van der Waals surface area contributed by atoms with Crippen molar-refractivity contribution in [1.82, 2.24) is 20.4 Å². The highest BCUT2D eigenvalue weighted by atomic mass is 35.5. The van der Waals surface area contributed by atoms with Gasteiger partial charge in [0, 0.05) is 31.6 Å². The molecule has 1 amide bonds. The number of rotatable bonds is 9. The van der Waals surface area contributed by atoms with Gasteiger partial charge < -0.3 is 15.0 Å². The van der Waals surface area contributed by atoms with Crippen LogP contribution in [0.3, 0.4) is 0 Å². The van der Waals surface area contributed by atoms with E-state index in [1.54, 1.807) is 6.07 Å². The maximum Gasteiger partial charge on any atom is 0.271 e. The lowest BCUT2D eigenvalue weighted by Crippen LogP contribution is -2.50. The van der Waals surface area contributed by atoms with Gasteiger partial charge in [-0.2, -0.15) is 5.10 Å². The maximum atomic E-state index is 14.3. The van der Waals surface area contributed by atoms with Crippen molar-refractivity contribution in [2.24, 2.45) is 5.92 Å². The molecule has 0 spiro atoms. The number of aromatic nitrogens is 2. The lowest BCUT2D eigenvalue weighted by molar-refractivity contribution is -0.0994. The van der Waals surface area contributed by atoms with Gasteiger partial charge in [0.25, 0.3) is 11.8 Å². The number of carbonyl (C=O) groups is 1. The van der Waals surface area contributed by atoms with Crippen molar-refractivity contribution in [1.29, 1.82) is 0 Å². The van der Waals surface area contributed by atoms with Gasteiger partial charge in [0.05, 0.1) is 17.7 Å². The van der Waals surface area contributed by atoms with Crippen molar-refractivity contribution in [2.45, 2.75) is 76.7 Å². The standard InChI is InChI=1S/C28H38F2N4O2.2ClH/c1-3-4-10-25-24(20-11-13-23(14-12-20)36-22-8-6-5-7-9-22)17-26(33-32-25)27(35)31-18-21-19-34(2)16-15-28(21,29)30;;/h11-14,17,21-22H,3-10,15-16,18-19H2,1-2H3,(H,31,35);2*1H. The largest absolute Gasteiger partial charge is 0.490 e. The fourth-order valence-electron chi connectivity index (χ4n) is 5.06. The highest BCUT2D eigenvalue weighted by molar-refractivity contribution is 5.93. The molecule has 38 heavy (non-hydrogen) atoms. The maximum absolute atomic E-state index is 14.3. The second-order valence-corrected chi connectivity index (χ2v) is 10.3. The summed E-state index contributed by atoms with van der Waals surface area (Å²) in [5, 5.41) is 11.2. The number of unbranched alkanes of at least 4 members (excludes halogenated alkanes) is 1. The molecule has 1 N–H and O–H groups in total. The Hall–Kier alpha value is -2.03. The van der Waals surface area contributed by atoms with E-state index >= 15 is 0 Å². The topological polar surface area (TPSA) is 67.4 Å². The first-order valence-electron chi connectivity index (χ1n) is 13.3. The minimum absolute atomic E-state index is 0. The summed E-state index contributed by atoms with van der Waals surface area (Å²) in [5.41, 5.74) is 2.74. The molecule has 4 rings (SSSR count). The molecule has 212 valence electrons. The highest BCUT2D eigenvalue weighted by Gasteiger charge is 2.43. The Kier molecular flexibility index (Phi) is 12.7. The van der Waals surface area contributed by atoms with Gasteiger partial charge in [0.15, 0.2) is 5.69 Å². The van der Waals surface area contributed by atoms with Gasteiger partial charge in [-0.3, -0.25) is 4.79 Å². The van der Waals surface area contributed by atoms with Crippen LogP contribution in [-0.2, 0) is 6.42 Å². The van der Waals surface area contributed by atoms with Crippen molar-refractivity contribution in [3.8, 4) is 16.9 Å². The zero-order chi connectivity index (χ0) is 25.5. The molecule has 2 heterocycles. The summed E-state index contributed by atoms with van der Waals surface area (Å²) in [6, 6.07) is 9.65. The first-order chi connectivity index (χ1) is 17.4. The number of likely N-dealkylation sites (tertiary alicyclic amines) is 1. The van der Waals surface area contributed by atoms with E-state index in [2.05, 4.69) is 22.4 Å². The summed E-state index contributed by atoms with van der Waals surface area (Å²) < 4.78 is 34.8. The molecule has 2 aliphatic rings. The number of amides is 1. The number of nitrogens with one attached hydrogen (secondary N) is 1. The number of halogens is 4. The Morgan fingerprint density at radius 2 is 1.84 bits per heavy atom. The van der Waals surface area contributed by atoms with E-state index < -0.39 is 17.7 Å². The zero-order valence-electron chi connectivity index (χ0n) is 22.3. The molecule has 1 atom stereocenters. The van der Waals surface area contributed by atoms with Gasteiger partial charge in [-0.15, -0.1) is 29.9 Å². The third-order valence-electron chi connectivity index (χ3n) is 7.36. The number of benzene rings is 1. The minimum atomic E-state index is -2.79. The summed E-state index contributed by atoms with van der Waals surface area (Å²) in [6.07, 6.45) is 8.71. The first-order valence-corrected chi connectivity index (χ1v) is 13.3. The Bertz CT molecular complexity index is 1020. The molecule has 10 heteroatoms. The second-order valence-electron chi connectivity index (χ2n) is 10.3. The van der Waals surface area contributed by atoms with Crippen LogP contribution in [0.2, 0.25) is 0 Å². The lowest BCUT2D eigenvalue weighted by Gasteiger charge is -2.36. The van der Waals surface area contributed by atoms with Crippen LogP contribution in [0.1, 0.15) is 74.5 Å². The molecule has 0 radical (unpaired) electrons. The molecular formula is C28H40Cl2F2N4O2. The Morgan fingerprint density at radius 3 is 2.53 bits per heavy atom. The third kappa shape index (κ3) is 8.48. The summed E-state index contributed by atoms with van der Waals surface area (Å²) in [4.78, 5) is 14.7. The number of ether oxygens (including phenoxy) is 1. The Balaban J connectivity index is 0.00000253. The number of aryl methyl sites for hydroxylation is 1. The monoisotopic (exact) mass is 572 g/mol. The molecule has 1 unspecified atom stereocenters. The molecule has 2 aromatic rings. The number of nitrogens with zero attached hydrogens (tertiary/aromatic N) is 3. The van der Waals surface area contributed by atoms with Crippen LogP contribution in [-0.4, -0.2) is 59.7 Å². The molecular weight excluding hydrogens is 533 g/mol. The first kappa shape index (κ1) is 32.2. The van der Waals surface area contributed by atoms with E-state index in [-0.39, 0.29) is 56.1 Å². The van der Waals surface area contributed by atoms with Crippen LogP contribution >= 0.6 is 24.8 Å². The molecule has 2 fully saturated rings. The van der Waals surface area contributed by atoms with Crippen molar-refractivity contribution in [3.63, 3.8) is 0 Å². The van der Waals surface area contributed by atoms with Crippen molar-refractivity contribution in [2.75, 3.05) is 26.7 Å². The van der Waals surface area contributed by atoms with E-state index in [1.807, 2.05) is 36.2 Å². The number of hydrogen-bond acceptors (Lipinski definition) is 5. The molecule has 1 aliphatic heterocycles. The average molecular weight is 574 g/mol. The smallest absolute Gasteiger partial charge is 0.271 e. The average Bonchev–Trinajstić information content (AvgIpc) is 2.89. The molecule has 1 aliphatic carbocycles. The van der Waals surface area contributed by atoms with Gasteiger partial charge in [0.2, 0.25) is 0 Å². The van der Waals surface area contributed by atoms with Gasteiger partial charge in [0.1, 0.15) is 5.75 Å². The summed E-state index contributed by atoms with van der Waals surface area (Å²) in [6.45, 7) is 2.62. The quantitative estimate of drug-likeness (QED) is 0.378. The van der Waals surface area contributed by atoms with Gasteiger partial charge in [-0.05, 0) is 69.3 Å². The summed E-state index contributed by atoms with van der Waals surface area (Å²) >= 11 is 0. The predicted molar refractivity (Wildman–Crippen MR) is 151 cm³/mol. The van der Waals surface area contributed by atoms with Crippen LogP contribution in [0.5, 0.6) is 5.75 Å². The Morgan fingerprint density at radius 1 is 1.13 bits per heavy atom. The van der Waals surface area contributed by atoms with Gasteiger partial charge >= 0.3 is 0 Å². The number of alkyl halides is 2. The second kappa shape index (κ2) is 14.9. The molecule has 1 saturated carbocycles. The molecule has 1 aromatic heterocycles. The van der Waals surface area contributed by atoms with Crippen LogP contribution in [0.25, 0.3) is 11.1 Å². The van der Waals surface area contributed by atoms with Crippen LogP contribution in [0, 0.1) is 5.92 Å². The zero-order valence-corrected chi connectivity index (χ0v) is 23.9. The van der Waals surface area contributed by atoms with Gasteiger partial charge in [-0.1, -0.05) is 31.9 Å². The third-order valence-corrected chi connectivity index (χ3v) is 7.36. The number of piperidine rings is 1. The number of carbonyl (C=O) groups excluding carboxylic acids is 1. The van der Waals surface area contributed by atoms with Crippen molar-refractivity contribution < 1.29 is 18.3 Å². The van der Waals surface area contributed by atoms with Crippen LogP contribution in [0.15, 0.2) is 30.3 Å². The highest BCUT2D eigenvalue weighted by Crippen LogP contribution is 2.33. The van der Waals surface area contributed by atoms with E-state index in [9.17, 15) is 13.6 Å². The Labute approximate surface area is 237 Å². The fourth-order valence-corrected chi connectivity index (χ4v) is 5.06. The molecule has 1 saturated heterocycles. The van der Waals surface area contributed by atoms with E-state index in [0.29, 0.717) is 6.54 Å². The van der Waals surface area contributed by atoms with E-state index in [0.717, 1.165) is 54.7 Å². The van der Waals surface area contributed by atoms with Crippen molar-refractivity contribution >= 4 is 30.7 Å². The molecule has 1 aromatic carbocycles.